The first-order chi connectivity index (χ1) is 9.20. The van der Waals surface area contributed by atoms with Crippen molar-refractivity contribution in [3.05, 3.63) is 23.8 Å². The molecule has 19 heavy (non-hydrogen) atoms. The maximum atomic E-state index is 12.1. The lowest BCUT2D eigenvalue weighted by Crippen LogP contribution is -2.35. The van der Waals surface area contributed by atoms with Crippen LogP contribution in [0.2, 0.25) is 0 Å². The molecule has 0 saturated carbocycles. The summed E-state index contributed by atoms with van der Waals surface area (Å²) in [6.45, 7) is 1.56. The number of anilines is 2. The summed E-state index contributed by atoms with van der Waals surface area (Å²) in [7, 11) is 0. The van der Waals surface area contributed by atoms with E-state index in [4.69, 9.17) is 11.0 Å². The number of hydrogen-bond donors (Lipinski definition) is 2. The van der Waals surface area contributed by atoms with Crippen LogP contribution in [-0.2, 0) is 0 Å². The monoisotopic (exact) mass is 258 g/mol. The minimum Gasteiger partial charge on any atom is -0.399 e. The van der Waals surface area contributed by atoms with Crippen LogP contribution in [0.1, 0.15) is 31.2 Å². The summed E-state index contributed by atoms with van der Waals surface area (Å²) in [5.74, 6) is 0. The number of urea groups is 1. The zero-order valence-corrected chi connectivity index (χ0v) is 10.9. The predicted octanol–water partition coefficient (Wildman–Crippen LogP) is 2.55. The summed E-state index contributed by atoms with van der Waals surface area (Å²) < 4.78 is 0. The Kier molecular flexibility index (Phi) is 4.24. The molecule has 1 fully saturated rings. The number of nitrogens with one attached hydrogen (secondary N) is 1. The smallest absolute Gasteiger partial charge is 0.321 e. The van der Waals surface area contributed by atoms with Crippen LogP contribution >= 0.6 is 0 Å². The Labute approximate surface area is 113 Å². The molecule has 5 nitrogen and oxygen atoms in total. The highest BCUT2D eigenvalue weighted by atomic mass is 16.2. The van der Waals surface area contributed by atoms with Gasteiger partial charge >= 0.3 is 6.03 Å². The third kappa shape index (κ3) is 3.38. The van der Waals surface area contributed by atoms with E-state index in [1.807, 2.05) is 11.0 Å². The van der Waals surface area contributed by atoms with Gasteiger partial charge in [-0.25, -0.2) is 4.79 Å². The molecule has 0 bridgehead atoms. The second-order valence-corrected chi connectivity index (χ2v) is 4.75. The van der Waals surface area contributed by atoms with Gasteiger partial charge in [-0.15, -0.1) is 0 Å². The SMILES string of the molecule is N#Cc1cc(N)ccc1NC(=O)N1CCCCCC1. The molecule has 100 valence electrons. The zero-order chi connectivity index (χ0) is 13.7. The maximum absolute atomic E-state index is 12.1. The van der Waals surface area contributed by atoms with E-state index < -0.39 is 0 Å². The summed E-state index contributed by atoms with van der Waals surface area (Å²) >= 11 is 0. The molecule has 2 amide bonds. The quantitative estimate of drug-likeness (QED) is 0.759. The van der Waals surface area contributed by atoms with Crippen LogP contribution in [0.4, 0.5) is 16.2 Å². The van der Waals surface area contributed by atoms with Crippen LogP contribution in [0.15, 0.2) is 18.2 Å². The third-order valence-corrected chi connectivity index (χ3v) is 3.30. The first kappa shape index (κ1) is 13.2. The van der Waals surface area contributed by atoms with E-state index in [1.165, 1.54) is 12.8 Å². The highest BCUT2D eigenvalue weighted by Crippen LogP contribution is 2.19. The van der Waals surface area contributed by atoms with Crippen LogP contribution < -0.4 is 11.1 Å². The van der Waals surface area contributed by atoms with Crippen LogP contribution in [-0.4, -0.2) is 24.0 Å². The first-order valence-electron chi connectivity index (χ1n) is 6.56. The van der Waals surface area contributed by atoms with E-state index in [0.29, 0.717) is 16.9 Å². The molecule has 1 aromatic carbocycles. The van der Waals surface area contributed by atoms with Gasteiger partial charge in [0.05, 0.1) is 11.3 Å². The van der Waals surface area contributed by atoms with E-state index in [2.05, 4.69) is 5.32 Å². The molecule has 0 atom stereocenters. The molecule has 1 aliphatic heterocycles. The topological polar surface area (TPSA) is 82.1 Å². The summed E-state index contributed by atoms with van der Waals surface area (Å²) in [6.07, 6.45) is 4.44. The zero-order valence-electron chi connectivity index (χ0n) is 10.9. The van der Waals surface area contributed by atoms with Gasteiger partial charge < -0.3 is 16.0 Å². The molecule has 1 saturated heterocycles. The van der Waals surface area contributed by atoms with Gasteiger partial charge in [0.2, 0.25) is 0 Å². The van der Waals surface area contributed by atoms with Crippen molar-refractivity contribution in [1.82, 2.24) is 4.90 Å². The van der Waals surface area contributed by atoms with Gasteiger partial charge in [0.15, 0.2) is 0 Å². The summed E-state index contributed by atoms with van der Waals surface area (Å²) in [5, 5.41) is 11.8. The van der Waals surface area contributed by atoms with Gasteiger partial charge in [0.1, 0.15) is 6.07 Å². The van der Waals surface area contributed by atoms with Crippen molar-refractivity contribution in [2.75, 3.05) is 24.1 Å². The average Bonchev–Trinajstić information content (AvgIpc) is 2.69. The standard InChI is InChI=1S/C14H18N4O/c15-10-11-9-12(16)5-6-13(11)17-14(19)18-7-3-1-2-4-8-18/h5-6,9H,1-4,7-8,16H2,(H,17,19). The summed E-state index contributed by atoms with van der Waals surface area (Å²) in [6, 6.07) is 6.83. The van der Waals surface area contributed by atoms with Crippen LogP contribution in [0.5, 0.6) is 0 Å². The first-order valence-corrected chi connectivity index (χ1v) is 6.56. The molecular weight excluding hydrogens is 240 g/mol. The number of nitriles is 1. The normalized spacial score (nSPS) is 15.4. The van der Waals surface area contributed by atoms with E-state index in [-0.39, 0.29) is 6.03 Å². The summed E-state index contributed by atoms with van der Waals surface area (Å²) in [5.41, 5.74) is 7.05. The predicted molar refractivity (Wildman–Crippen MR) is 74.6 cm³/mol. The number of rotatable bonds is 1. The molecule has 1 aliphatic rings. The highest BCUT2D eigenvalue weighted by Gasteiger charge is 2.16. The molecular formula is C14H18N4O. The van der Waals surface area contributed by atoms with Gasteiger partial charge in [0.25, 0.3) is 0 Å². The Bertz CT molecular complexity index is 499. The Morgan fingerprint density at radius 2 is 1.95 bits per heavy atom. The van der Waals surface area contributed by atoms with Crippen molar-refractivity contribution in [2.24, 2.45) is 0 Å². The highest BCUT2D eigenvalue weighted by molar-refractivity contribution is 5.91. The minimum absolute atomic E-state index is 0.136. The summed E-state index contributed by atoms with van der Waals surface area (Å²) in [4.78, 5) is 14.0. The van der Waals surface area contributed by atoms with Crippen molar-refractivity contribution in [1.29, 1.82) is 5.26 Å². The number of carbonyl (C=O) groups excluding carboxylic acids is 1. The number of amides is 2. The number of carbonyl (C=O) groups is 1. The molecule has 3 N–H and O–H groups in total. The maximum Gasteiger partial charge on any atom is 0.321 e. The van der Waals surface area contributed by atoms with E-state index in [1.54, 1.807) is 18.2 Å². The molecule has 1 heterocycles. The van der Waals surface area contributed by atoms with Crippen LogP contribution in [0.3, 0.4) is 0 Å². The number of nitrogen functional groups attached to an aromatic ring is 1. The van der Waals surface area contributed by atoms with Gasteiger partial charge in [-0.2, -0.15) is 5.26 Å². The third-order valence-electron chi connectivity index (χ3n) is 3.30. The molecule has 0 spiro atoms. The lowest BCUT2D eigenvalue weighted by atomic mass is 10.2. The van der Waals surface area contributed by atoms with Crippen LogP contribution in [0, 0.1) is 11.3 Å². The second-order valence-electron chi connectivity index (χ2n) is 4.75. The van der Waals surface area contributed by atoms with E-state index >= 15 is 0 Å². The van der Waals surface area contributed by atoms with E-state index in [9.17, 15) is 4.79 Å². The van der Waals surface area contributed by atoms with Crippen molar-refractivity contribution in [3.63, 3.8) is 0 Å². The van der Waals surface area contributed by atoms with Crippen molar-refractivity contribution in [3.8, 4) is 6.07 Å². The molecule has 2 rings (SSSR count). The van der Waals surface area contributed by atoms with Crippen molar-refractivity contribution >= 4 is 17.4 Å². The molecule has 0 unspecified atom stereocenters. The Morgan fingerprint density at radius 1 is 1.26 bits per heavy atom. The number of benzene rings is 1. The van der Waals surface area contributed by atoms with Crippen molar-refractivity contribution < 1.29 is 4.79 Å². The lowest BCUT2D eigenvalue weighted by molar-refractivity contribution is 0.214. The van der Waals surface area contributed by atoms with E-state index in [0.717, 1.165) is 25.9 Å². The van der Waals surface area contributed by atoms with Gasteiger partial charge in [-0.1, -0.05) is 12.8 Å². The molecule has 1 aromatic rings. The van der Waals surface area contributed by atoms with Gasteiger partial charge in [-0.05, 0) is 31.0 Å². The van der Waals surface area contributed by atoms with Crippen LogP contribution in [0.25, 0.3) is 0 Å². The molecule has 5 heteroatoms. The van der Waals surface area contributed by atoms with Gasteiger partial charge in [0, 0.05) is 18.8 Å². The Hall–Kier alpha value is -2.22. The molecule has 0 aromatic heterocycles. The Morgan fingerprint density at radius 3 is 2.58 bits per heavy atom. The molecule has 0 aliphatic carbocycles. The number of nitrogens with zero attached hydrogens (tertiary/aromatic N) is 2. The number of nitrogens with two attached hydrogens (primary N) is 1. The molecule has 0 radical (unpaired) electrons. The Balaban J connectivity index is 2.08. The average molecular weight is 258 g/mol. The number of likely N-dealkylation sites (tertiary alicyclic amines) is 1. The number of hydrogen-bond acceptors (Lipinski definition) is 3. The second kappa shape index (κ2) is 6.10. The fourth-order valence-electron chi connectivity index (χ4n) is 2.23. The fraction of sp³-hybridized carbons (Fsp3) is 0.429. The lowest BCUT2D eigenvalue weighted by Gasteiger charge is -2.21. The minimum atomic E-state index is -0.136. The largest absolute Gasteiger partial charge is 0.399 e. The fourth-order valence-corrected chi connectivity index (χ4v) is 2.23. The van der Waals surface area contributed by atoms with Crippen molar-refractivity contribution in [2.45, 2.75) is 25.7 Å². The van der Waals surface area contributed by atoms with Gasteiger partial charge in [-0.3, -0.25) is 0 Å².